The number of carboxylic acids is 1. The molecular formula is C12H17F3N2O2. The van der Waals surface area contributed by atoms with Crippen LogP contribution in [0.2, 0.25) is 0 Å². The predicted molar refractivity (Wildman–Crippen MR) is 61.2 cm³/mol. The number of aliphatic carboxylic acids is 1. The molecule has 7 heteroatoms. The van der Waals surface area contributed by atoms with Crippen LogP contribution in [0.25, 0.3) is 0 Å². The molecule has 1 rings (SSSR count). The molecule has 0 spiro atoms. The van der Waals surface area contributed by atoms with Gasteiger partial charge in [-0.2, -0.15) is 18.4 Å². The quantitative estimate of drug-likeness (QED) is 0.856. The monoisotopic (exact) mass is 278 g/mol. The number of halogens is 3. The molecule has 1 fully saturated rings. The summed E-state index contributed by atoms with van der Waals surface area (Å²) in [5.74, 6) is -3.03. The van der Waals surface area contributed by atoms with Crippen molar-refractivity contribution in [2.75, 3.05) is 19.6 Å². The number of likely N-dealkylation sites (tertiary alicyclic amines) is 1. The van der Waals surface area contributed by atoms with Gasteiger partial charge in [0.15, 0.2) is 5.92 Å². The Labute approximate surface area is 109 Å². The van der Waals surface area contributed by atoms with Crippen LogP contribution in [0.1, 0.15) is 26.2 Å². The molecule has 0 aromatic rings. The van der Waals surface area contributed by atoms with Gasteiger partial charge >= 0.3 is 12.1 Å². The van der Waals surface area contributed by atoms with E-state index < -0.39 is 30.0 Å². The Morgan fingerprint density at radius 2 is 2.21 bits per heavy atom. The van der Waals surface area contributed by atoms with Gasteiger partial charge in [0.1, 0.15) is 0 Å². The summed E-state index contributed by atoms with van der Waals surface area (Å²) in [6.45, 7) is 1.76. The van der Waals surface area contributed by atoms with Crippen LogP contribution >= 0.6 is 0 Å². The molecule has 1 heterocycles. The van der Waals surface area contributed by atoms with Crippen LogP contribution in [0.4, 0.5) is 13.2 Å². The molecule has 19 heavy (non-hydrogen) atoms. The molecule has 0 aromatic heterocycles. The molecule has 0 amide bonds. The van der Waals surface area contributed by atoms with E-state index in [2.05, 4.69) is 0 Å². The largest absolute Gasteiger partial charge is 0.481 e. The number of rotatable bonds is 4. The first-order valence-corrected chi connectivity index (χ1v) is 6.17. The molecule has 108 valence electrons. The highest BCUT2D eigenvalue weighted by atomic mass is 19.4. The van der Waals surface area contributed by atoms with Gasteiger partial charge in [-0.25, -0.2) is 0 Å². The van der Waals surface area contributed by atoms with Crippen LogP contribution in [0, 0.1) is 22.7 Å². The number of nitriles is 1. The van der Waals surface area contributed by atoms with E-state index in [1.54, 1.807) is 6.92 Å². The van der Waals surface area contributed by atoms with Crippen molar-refractivity contribution in [2.45, 2.75) is 32.4 Å². The Balaban J connectivity index is 2.76. The van der Waals surface area contributed by atoms with Gasteiger partial charge in [0.25, 0.3) is 0 Å². The van der Waals surface area contributed by atoms with Crippen LogP contribution in [0.15, 0.2) is 0 Å². The summed E-state index contributed by atoms with van der Waals surface area (Å²) >= 11 is 0. The lowest BCUT2D eigenvalue weighted by atomic mass is 9.77. The van der Waals surface area contributed by atoms with Gasteiger partial charge < -0.3 is 10.0 Å². The standard InChI is InChI=1S/C12H17F3N2O2/c1-2-11(10(18)19)4-3-5-17(8-11)7-9(6-16)12(13,14)15/h9H,2-5,7-8H2,1H3,(H,18,19). The fraction of sp³-hybridized carbons (Fsp3) is 0.833. The first kappa shape index (κ1) is 15.8. The van der Waals surface area contributed by atoms with Crippen molar-refractivity contribution < 1.29 is 23.1 Å². The van der Waals surface area contributed by atoms with Gasteiger partial charge in [-0.05, 0) is 25.8 Å². The molecule has 0 aliphatic carbocycles. The summed E-state index contributed by atoms with van der Waals surface area (Å²) in [5.41, 5.74) is -0.982. The number of carbonyl (C=O) groups is 1. The first-order chi connectivity index (χ1) is 8.75. The van der Waals surface area contributed by atoms with E-state index in [-0.39, 0.29) is 6.54 Å². The Kier molecular flexibility index (Phi) is 4.80. The maximum Gasteiger partial charge on any atom is 0.405 e. The van der Waals surface area contributed by atoms with E-state index >= 15 is 0 Å². The SMILES string of the molecule is CCC1(C(=O)O)CCCN(CC(C#N)C(F)(F)F)C1. The van der Waals surface area contributed by atoms with Gasteiger partial charge in [0.2, 0.25) is 0 Å². The lowest BCUT2D eigenvalue weighted by molar-refractivity contribution is -0.167. The summed E-state index contributed by atoms with van der Waals surface area (Å²) < 4.78 is 37.6. The summed E-state index contributed by atoms with van der Waals surface area (Å²) in [6.07, 6.45) is -3.18. The minimum Gasteiger partial charge on any atom is -0.481 e. The van der Waals surface area contributed by atoms with Crippen molar-refractivity contribution in [1.29, 1.82) is 5.26 Å². The molecule has 2 atom stereocenters. The van der Waals surface area contributed by atoms with Crippen molar-refractivity contribution in [2.24, 2.45) is 11.3 Å². The third-order valence-corrected chi connectivity index (χ3v) is 3.78. The second-order valence-corrected chi connectivity index (χ2v) is 5.00. The highest BCUT2D eigenvalue weighted by molar-refractivity contribution is 5.75. The normalized spacial score (nSPS) is 26.7. The smallest absolute Gasteiger partial charge is 0.405 e. The zero-order valence-electron chi connectivity index (χ0n) is 10.7. The van der Waals surface area contributed by atoms with Crippen LogP contribution in [-0.2, 0) is 4.79 Å². The molecule has 0 saturated carbocycles. The second-order valence-electron chi connectivity index (χ2n) is 5.00. The summed E-state index contributed by atoms with van der Waals surface area (Å²) in [4.78, 5) is 12.7. The van der Waals surface area contributed by atoms with Crippen LogP contribution in [0.3, 0.4) is 0 Å². The molecule has 1 N–H and O–H groups in total. The van der Waals surface area contributed by atoms with E-state index in [1.807, 2.05) is 0 Å². The summed E-state index contributed by atoms with van der Waals surface area (Å²) in [5, 5.41) is 17.8. The minimum absolute atomic E-state index is 0.0765. The third kappa shape index (κ3) is 3.60. The molecule has 1 aliphatic heterocycles. The van der Waals surface area contributed by atoms with Gasteiger partial charge in [-0.15, -0.1) is 0 Å². The van der Waals surface area contributed by atoms with E-state index in [0.29, 0.717) is 25.8 Å². The van der Waals surface area contributed by atoms with Crippen molar-refractivity contribution >= 4 is 5.97 Å². The lowest BCUT2D eigenvalue weighted by Crippen LogP contribution is -2.49. The van der Waals surface area contributed by atoms with E-state index in [4.69, 9.17) is 5.26 Å². The van der Waals surface area contributed by atoms with Gasteiger partial charge in [-0.3, -0.25) is 4.79 Å². The fourth-order valence-corrected chi connectivity index (χ4v) is 2.47. The van der Waals surface area contributed by atoms with Crippen molar-refractivity contribution in [3.8, 4) is 6.07 Å². The Morgan fingerprint density at radius 1 is 1.58 bits per heavy atom. The van der Waals surface area contributed by atoms with Gasteiger partial charge in [-0.1, -0.05) is 6.92 Å². The van der Waals surface area contributed by atoms with Crippen LogP contribution in [-0.4, -0.2) is 41.8 Å². The molecular weight excluding hydrogens is 261 g/mol. The fourth-order valence-electron chi connectivity index (χ4n) is 2.47. The highest BCUT2D eigenvalue weighted by Crippen LogP contribution is 2.35. The number of alkyl halides is 3. The molecule has 2 unspecified atom stereocenters. The van der Waals surface area contributed by atoms with Crippen LogP contribution < -0.4 is 0 Å². The first-order valence-electron chi connectivity index (χ1n) is 6.17. The number of hydrogen-bond acceptors (Lipinski definition) is 3. The Hall–Kier alpha value is -1.29. The van der Waals surface area contributed by atoms with Gasteiger partial charge in [0.05, 0.1) is 11.5 Å². The van der Waals surface area contributed by atoms with E-state index in [0.717, 1.165) is 0 Å². The number of piperidine rings is 1. The van der Waals surface area contributed by atoms with Crippen molar-refractivity contribution in [3.05, 3.63) is 0 Å². The average molecular weight is 278 g/mol. The van der Waals surface area contributed by atoms with Crippen LogP contribution in [0.5, 0.6) is 0 Å². The Morgan fingerprint density at radius 3 is 2.63 bits per heavy atom. The number of nitrogens with zero attached hydrogens (tertiary/aromatic N) is 2. The molecule has 4 nitrogen and oxygen atoms in total. The predicted octanol–water partition coefficient (Wildman–Crippen LogP) is 2.27. The van der Waals surface area contributed by atoms with E-state index in [1.165, 1.54) is 11.0 Å². The molecule has 0 radical (unpaired) electrons. The summed E-state index contributed by atoms with van der Waals surface area (Å²) in [7, 11) is 0. The highest BCUT2D eigenvalue weighted by Gasteiger charge is 2.45. The van der Waals surface area contributed by atoms with Gasteiger partial charge in [0, 0.05) is 13.1 Å². The number of carboxylic acid groups (broad SMARTS) is 1. The Bertz CT molecular complexity index is 378. The average Bonchev–Trinajstić information content (AvgIpc) is 2.34. The maximum atomic E-state index is 12.5. The topological polar surface area (TPSA) is 64.3 Å². The third-order valence-electron chi connectivity index (χ3n) is 3.78. The minimum atomic E-state index is -4.57. The second kappa shape index (κ2) is 5.78. The zero-order chi connectivity index (χ0) is 14.7. The zero-order valence-corrected chi connectivity index (χ0v) is 10.7. The number of hydrogen-bond donors (Lipinski definition) is 1. The van der Waals surface area contributed by atoms with Crippen molar-refractivity contribution in [1.82, 2.24) is 4.90 Å². The van der Waals surface area contributed by atoms with E-state index in [9.17, 15) is 23.1 Å². The summed E-state index contributed by atoms with van der Waals surface area (Å²) in [6, 6.07) is 1.25. The molecule has 1 saturated heterocycles. The molecule has 0 aromatic carbocycles. The van der Waals surface area contributed by atoms with Crippen molar-refractivity contribution in [3.63, 3.8) is 0 Å². The lowest BCUT2D eigenvalue weighted by Gasteiger charge is -2.40. The molecule has 1 aliphatic rings. The molecule has 0 bridgehead atoms. The maximum absolute atomic E-state index is 12.5.